The van der Waals surface area contributed by atoms with Crippen LogP contribution in [0.15, 0.2) is 16.7 Å². The Morgan fingerprint density at radius 2 is 2.35 bits per heavy atom. The van der Waals surface area contributed by atoms with E-state index in [9.17, 15) is 0 Å². The number of hydrogen-bond acceptors (Lipinski definition) is 3. The Labute approximate surface area is 112 Å². The molecule has 0 radical (unpaired) electrons. The Hall–Kier alpha value is -1.05. The maximum Gasteiger partial charge on any atom is 0.133 e. The molecule has 92 valence electrons. The van der Waals surface area contributed by atoms with Gasteiger partial charge in [-0.05, 0) is 35.5 Å². The molecule has 0 saturated carbocycles. The summed E-state index contributed by atoms with van der Waals surface area (Å²) in [6.07, 6.45) is 8.27. The summed E-state index contributed by atoms with van der Waals surface area (Å²) in [4.78, 5) is 6.62. The number of terminal acetylenes is 1. The summed E-state index contributed by atoms with van der Waals surface area (Å²) in [6, 6.07) is 2.08. The minimum Gasteiger partial charge on any atom is -0.345 e. The summed E-state index contributed by atoms with van der Waals surface area (Å²) in [6.45, 7) is 4.45. The molecule has 3 nitrogen and oxygen atoms in total. The van der Waals surface area contributed by atoms with Crippen LogP contribution in [-0.4, -0.2) is 25.1 Å². The number of nitrogens with zero attached hydrogens (tertiary/aromatic N) is 2. The van der Waals surface area contributed by atoms with E-state index in [1.807, 2.05) is 13.2 Å². The quantitative estimate of drug-likeness (QED) is 0.817. The molecule has 17 heavy (non-hydrogen) atoms. The summed E-state index contributed by atoms with van der Waals surface area (Å²) in [5.74, 6) is 3.66. The summed E-state index contributed by atoms with van der Waals surface area (Å²) < 4.78 is 0.989. The Morgan fingerprint density at radius 1 is 1.59 bits per heavy atom. The highest BCUT2D eigenvalue weighted by molar-refractivity contribution is 9.10. The monoisotopic (exact) mass is 295 g/mol. The van der Waals surface area contributed by atoms with E-state index in [2.05, 4.69) is 50.0 Å². The molecule has 0 unspecified atom stereocenters. The zero-order valence-electron chi connectivity index (χ0n) is 10.3. The van der Waals surface area contributed by atoms with E-state index in [1.54, 1.807) is 0 Å². The van der Waals surface area contributed by atoms with Gasteiger partial charge in [0, 0.05) is 29.3 Å². The third-order valence-corrected chi connectivity index (χ3v) is 2.79. The molecule has 0 amide bonds. The smallest absolute Gasteiger partial charge is 0.133 e. The Bertz CT molecular complexity index is 398. The second-order valence-corrected chi connectivity index (χ2v) is 4.71. The van der Waals surface area contributed by atoms with Crippen molar-refractivity contribution in [3.05, 3.63) is 22.3 Å². The number of aromatic nitrogens is 1. The van der Waals surface area contributed by atoms with E-state index in [0.29, 0.717) is 6.54 Å². The second kappa shape index (κ2) is 7.31. The maximum atomic E-state index is 5.41. The minimum atomic E-state index is 0.596. The van der Waals surface area contributed by atoms with Gasteiger partial charge in [0.25, 0.3) is 0 Å². The van der Waals surface area contributed by atoms with Crippen LogP contribution in [0.2, 0.25) is 0 Å². The Morgan fingerprint density at radius 3 is 2.94 bits per heavy atom. The van der Waals surface area contributed by atoms with Crippen molar-refractivity contribution in [2.24, 2.45) is 0 Å². The highest BCUT2D eigenvalue weighted by atomic mass is 79.9. The summed E-state index contributed by atoms with van der Waals surface area (Å²) in [5.41, 5.74) is 1.16. The molecule has 0 spiro atoms. The van der Waals surface area contributed by atoms with Crippen LogP contribution in [0.5, 0.6) is 0 Å². The molecule has 0 aliphatic carbocycles. The molecule has 1 aromatic heterocycles. The lowest BCUT2D eigenvalue weighted by atomic mass is 10.2. The number of rotatable bonds is 6. The van der Waals surface area contributed by atoms with Crippen molar-refractivity contribution in [2.75, 3.05) is 25.0 Å². The highest BCUT2D eigenvalue weighted by Crippen LogP contribution is 2.21. The van der Waals surface area contributed by atoms with Crippen LogP contribution in [0.3, 0.4) is 0 Å². The first kappa shape index (κ1) is 14.0. The van der Waals surface area contributed by atoms with E-state index < -0.39 is 0 Å². The van der Waals surface area contributed by atoms with Crippen LogP contribution in [0.25, 0.3) is 0 Å². The van der Waals surface area contributed by atoms with Crippen LogP contribution < -0.4 is 10.2 Å². The van der Waals surface area contributed by atoms with E-state index in [1.165, 1.54) is 0 Å². The first-order valence-corrected chi connectivity index (χ1v) is 6.49. The van der Waals surface area contributed by atoms with Gasteiger partial charge in [0.2, 0.25) is 0 Å². The largest absolute Gasteiger partial charge is 0.345 e. The van der Waals surface area contributed by atoms with Gasteiger partial charge >= 0.3 is 0 Å². The molecule has 0 saturated heterocycles. The number of hydrogen-bond donors (Lipinski definition) is 1. The lowest BCUT2D eigenvalue weighted by molar-refractivity contribution is 0.770. The normalized spacial score (nSPS) is 10.0. The molecule has 1 heterocycles. The van der Waals surface area contributed by atoms with Crippen molar-refractivity contribution in [1.29, 1.82) is 0 Å². The van der Waals surface area contributed by atoms with E-state index in [0.717, 1.165) is 35.4 Å². The van der Waals surface area contributed by atoms with Gasteiger partial charge in [-0.15, -0.1) is 6.42 Å². The SMILES string of the molecule is C#CCN(CCC)c1ncc(Br)cc1CNC. The number of pyridine rings is 1. The van der Waals surface area contributed by atoms with Crippen LogP contribution in [0, 0.1) is 12.3 Å². The van der Waals surface area contributed by atoms with Crippen molar-refractivity contribution in [3.63, 3.8) is 0 Å². The van der Waals surface area contributed by atoms with E-state index in [4.69, 9.17) is 6.42 Å². The zero-order chi connectivity index (χ0) is 12.7. The van der Waals surface area contributed by atoms with Gasteiger partial charge in [-0.1, -0.05) is 12.8 Å². The summed E-state index contributed by atoms with van der Waals surface area (Å²) >= 11 is 3.44. The predicted octanol–water partition coefficient (Wildman–Crippen LogP) is 2.41. The fourth-order valence-corrected chi connectivity index (χ4v) is 2.10. The molecule has 0 aromatic carbocycles. The van der Waals surface area contributed by atoms with Gasteiger partial charge in [-0.3, -0.25) is 0 Å². The highest BCUT2D eigenvalue weighted by Gasteiger charge is 2.11. The standard InChI is InChI=1S/C13H18BrN3/c1-4-6-17(7-5-2)13-11(9-15-3)8-12(14)10-16-13/h1,8,10,15H,5-7,9H2,2-3H3. The van der Waals surface area contributed by atoms with Crippen LogP contribution >= 0.6 is 15.9 Å². The van der Waals surface area contributed by atoms with Gasteiger partial charge in [0.15, 0.2) is 0 Å². The molecule has 4 heteroatoms. The van der Waals surface area contributed by atoms with Gasteiger partial charge in [0.1, 0.15) is 5.82 Å². The van der Waals surface area contributed by atoms with Crippen molar-refractivity contribution in [2.45, 2.75) is 19.9 Å². The third kappa shape index (κ3) is 4.03. The molecular weight excluding hydrogens is 278 g/mol. The lowest BCUT2D eigenvalue weighted by Crippen LogP contribution is -2.27. The van der Waals surface area contributed by atoms with Gasteiger partial charge in [0.05, 0.1) is 6.54 Å². The van der Waals surface area contributed by atoms with Gasteiger partial charge in [-0.2, -0.15) is 0 Å². The zero-order valence-corrected chi connectivity index (χ0v) is 11.9. The average Bonchev–Trinajstić information content (AvgIpc) is 2.30. The number of nitrogens with one attached hydrogen (secondary N) is 1. The van der Waals surface area contributed by atoms with Crippen molar-refractivity contribution >= 4 is 21.7 Å². The molecule has 0 aliphatic heterocycles. The fourth-order valence-electron chi connectivity index (χ4n) is 1.72. The number of anilines is 1. The van der Waals surface area contributed by atoms with Crippen molar-refractivity contribution in [1.82, 2.24) is 10.3 Å². The first-order valence-electron chi connectivity index (χ1n) is 5.70. The van der Waals surface area contributed by atoms with Crippen molar-refractivity contribution in [3.8, 4) is 12.3 Å². The van der Waals surface area contributed by atoms with Crippen LogP contribution in [0.4, 0.5) is 5.82 Å². The second-order valence-electron chi connectivity index (χ2n) is 3.79. The van der Waals surface area contributed by atoms with Gasteiger partial charge < -0.3 is 10.2 Å². The fraction of sp³-hybridized carbons (Fsp3) is 0.462. The molecule has 1 aromatic rings. The van der Waals surface area contributed by atoms with Gasteiger partial charge in [-0.25, -0.2) is 4.98 Å². The third-order valence-electron chi connectivity index (χ3n) is 2.35. The van der Waals surface area contributed by atoms with E-state index >= 15 is 0 Å². The Kier molecular flexibility index (Phi) is 6.03. The maximum absolute atomic E-state index is 5.41. The molecule has 0 atom stereocenters. The molecule has 1 rings (SSSR count). The van der Waals surface area contributed by atoms with Crippen LogP contribution in [-0.2, 0) is 6.54 Å². The lowest BCUT2D eigenvalue weighted by Gasteiger charge is -2.23. The molecular formula is C13H18BrN3. The van der Waals surface area contributed by atoms with Crippen molar-refractivity contribution < 1.29 is 0 Å². The Balaban J connectivity index is 3.03. The topological polar surface area (TPSA) is 28.2 Å². The summed E-state index contributed by atoms with van der Waals surface area (Å²) in [7, 11) is 1.93. The average molecular weight is 296 g/mol. The summed E-state index contributed by atoms with van der Waals surface area (Å²) in [5, 5.41) is 3.15. The van der Waals surface area contributed by atoms with E-state index in [-0.39, 0.29) is 0 Å². The number of halogens is 1. The molecule has 0 fully saturated rings. The predicted molar refractivity (Wildman–Crippen MR) is 76.0 cm³/mol. The van der Waals surface area contributed by atoms with Crippen LogP contribution in [0.1, 0.15) is 18.9 Å². The minimum absolute atomic E-state index is 0.596. The first-order chi connectivity index (χ1) is 8.22. The molecule has 1 N–H and O–H groups in total. The molecule has 0 aliphatic rings. The molecule has 0 bridgehead atoms.